The van der Waals surface area contributed by atoms with Crippen molar-refractivity contribution >= 4 is 17.5 Å². The molecule has 1 aromatic carbocycles. The molecule has 2 aromatic heterocycles. The van der Waals surface area contributed by atoms with E-state index < -0.39 is 23.9 Å². The van der Waals surface area contributed by atoms with Gasteiger partial charge in [-0.1, -0.05) is 17.7 Å². The van der Waals surface area contributed by atoms with Crippen molar-refractivity contribution in [2.45, 2.75) is 32.4 Å². The molecular formula is C18H16ClF3N6O2. The maximum absolute atomic E-state index is 13.0. The van der Waals surface area contributed by atoms with Crippen LogP contribution in [0.2, 0.25) is 5.02 Å². The van der Waals surface area contributed by atoms with Crippen molar-refractivity contribution in [3.05, 3.63) is 58.9 Å². The fourth-order valence-electron chi connectivity index (χ4n) is 3.26. The summed E-state index contributed by atoms with van der Waals surface area (Å²) in [6, 6.07) is 7.70. The molecule has 0 radical (unpaired) electrons. The van der Waals surface area contributed by atoms with E-state index in [0.29, 0.717) is 10.8 Å². The van der Waals surface area contributed by atoms with Crippen LogP contribution in [0.4, 0.5) is 13.2 Å². The van der Waals surface area contributed by atoms with Gasteiger partial charge in [0.25, 0.3) is 5.91 Å². The van der Waals surface area contributed by atoms with Crippen LogP contribution in [0, 0.1) is 0 Å². The van der Waals surface area contributed by atoms with Crippen LogP contribution in [-0.4, -0.2) is 41.9 Å². The SMILES string of the molecule is CC1c2nnc(C(F)(F)F)n2CCN1C(=O)c1ccn(COc2cccc(Cl)c2)n1. The lowest BCUT2D eigenvalue weighted by molar-refractivity contribution is -0.148. The predicted octanol–water partition coefficient (Wildman–Crippen LogP) is 3.40. The molecule has 30 heavy (non-hydrogen) atoms. The maximum atomic E-state index is 13.0. The Kier molecular flexibility index (Phi) is 5.14. The summed E-state index contributed by atoms with van der Waals surface area (Å²) in [6.07, 6.45) is -3.02. The van der Waals surface area contributed by atoms with Gasteiger partial charge in [-0.3, -0.25) is 4.79 Å². The van der Waals surface area contributed by atoms with Gasteiger partial charge in [0.05, 0.1) is 6.04 Å². The Morgan fingerprint density at radius 2 is 2.07 bits per heavy atom. The minimum Gasteiger partial charge on any atom is -0.471 e. The second-order valence-electron chi connectivity index (χ2n) is 6.68. The van der Waals surface area contributed by atoms with Crippen LogP contribution in [-0.2, 0) is 19.5 Å². The van der Waals surface area contributed by atoms with Crippen LogP contribution in [0.5, 0.6) is 5.75 Å². The van der Waals surface area contributed by atoms with E-state index in [1.165, 1.54) is 15.6 Å². The predicted molar refractivity (Wildman–Crippen MR) is 98.8 cm³/mol. The third kappa shape index (κ3) is 3.84. The largest absolute Gasteiger partial charge is 0.471 e. The van der Waals surface area contributed by atoms with E-state index in [2.05, 4.69) is 15.3 Å². The molecule has 0 aliphatic carbocycles. The first-order valence-corrected chi connectivity index (χ1v) is 9.35. The van der Waals surface area contributed by atoms with Crippen LogP contribution in [0.3, 0.4) is 0 Å². The Bertz CT molecular complexity index is 1080. The fourth-order valence-corrected chi connectivity index (χ4v) is 3.45. The van der Waals surface area contributed by atoms with Crippen molar-refractivity contribution in [2.24, 2.45) is 0 Å². The number of amides is 1. The maximum Gasteiger partial charge on any atom is 0.451 e. The number of carbonyl (C=O) groups excluding carboxylic acids is 1. The molecule has 1 atom stereocenters. The standard InChI is InChI=1S/C18H16ClF3N6O2/c1-11-15-23-24-17(18(20,21)22)28(15)8-7-27(11)16(29)14-5-6-26(25-14)10-30-13-4-2-3-12(19)9-13/h2-6,9,11H,7-8,10H2,1H3. The van der Waals surface area contributed by atoms with Gasteiger partial charge < -0.3 is 14.2 Å². The van der Waals surface area contributed by atoms with E-state index in [1.54, 1.807) is 37.4 Å². The number of fused-ring (bicyclic) bond motifs is 1. The van der Waals surface area contributed by atoms with Crippen LogP contribution < -0.4 is 4.74 Å². The number of halogens is 4. The Morgan fingerprint density at radius 3 is 2.80 bits per heavy atom. The molecule has 0 N–H and O–H groups in total. The number of aromatic nitrogens is 5. The summed E-state index contributed by atoms with van der Waals surface area (Å²) >= 11 is 5.91. The average Bonchev–Trinajstić information content (AvgIpc) is 3.33. The first-order valence-electron chi connectivity index (χ1n) is 8.97. The first kappa shape index (κ1) is 20.2. The Hall–Kier alpha value is -3.08. The number of hydrogen-bond donors (Lipinski definition) is 0. The third-order valence-electron chi connectivity index (χ3n) is 4.72. The number of benzene rings is 1. The molecule has 4 rings (SSSR count). The Morgan fingerprint density at radius 1 is 1.27 bits per heavy atom. The summed E-state index contributed by atoms with van der Waals surface area (Å²) in [6.45, 7) is 1.70. The highest BCUT2D eigenvalue weighted by atomic mass is 35.5. The van der Waals surface area contributed by atoms with Crippen molar-refractivity contribution < 1.29 is 22.7 Å². The second-order valence-corrected chi connectivity index (χ2v) is 7.11. The molecule has 1 aliphatic heterocycles. The molecule has 0 saturated carbocycles. The van der Waals surface area contributed by atoms with Crippen LogP contribution in [0.1, 0.15) is 35.1 Å². The molecular weight excluding hydrogens is 425 g/mol. The van der Waals surface area contributed by atoms with E-state index in [1.807, 2.05) is 0 Å². The van der Waals surface area contributed by atoms with Gasteiger partial charge in [-0.15, -0.1) is 10.2 Å². The third-order valence-corrected chi connectivity index (χ3v) is 4.95. The molecule has 1 amide bonds. The topological polar surface area (TPSA) is 78.1 Å². The number of ether oxygens (including phenoxy) is 1. The molecule has 1 aliphatic rings. The van der Waals surface area contributed by atoms with Gasteiger partial charge in [0.2, 0.25) is 5.82 Å². The molecule has 0 bridgehead atoms. The molecule has 0 fully saturated rings. The molecule has 0 spiro atoms. The molecule has 3 heterocycles. The lowest BCUT2D eigenvalue weighted by Crippen LogP contribution is -2.42. The van der Waals surface area contributed by atoms with Gasteiger partial charge in [0.1, 0.15) is 5.75 Å². The van der Waals surface area contributed by atoms with Gasteiger partial charge in [0.15, 0.2) is 18.2 Å². The van der Waals surface area contributed by atoms with E-state index in [4.69, 9.17) is 16.3 Å². The zero-order chi connectivity index (χ0) is 21.5. The minimum absolute atomic E-state index is 0.0498. The summed E-state index contributed by atoms with van der Waals surface area (Å²) in [5.41, 5.74) is 0.153. The summed E-state index contributed by atoms with van der Waals surface area (Å²) in [5.74, 6) is -0.827. The van der Waals surface area contributed by atoms with Gasteiger partial charge >= 0.3 is 6.18 Å². The quantitative estimate of drug-likeness (QED) is 0.621. The van der Waals surface area contributed by atoms with Crippen molar-refractivity contribution in [3.63, 3.8) is 0 Å². The van der Waals surface area contributed by atoms with E-state index >= 15 is 0 Å². The minimum atomic E-state index is -4.60. The number of alkyl halides is 3. The van der Waals surface area contributed by atoms with Gasteiger partial charge in [-0.25, -0.2) is 4.68 Å². The first-order chi connectivity index (χ1) is 14.2. The summed E-state index contributed by atoms with van der Waals surface area (Å²) in [5, 5.41) is 11.6. The van der Waals surface area contributed by atoms with Gasteiger partial charge in [0, 0.05) is 24.3 Å². The van der Waals surface area contributed by atoms with E-state index in [-0.39, 0.29) is 31.3 Å². The number of rotatable bonds is 4. The zero-order valence-electron chi connectivity index (χ0n) is 15.7. The van der Waals surface area contributed by atoms with Crippen molar-refractivity contribution in [2.75, 3.05) is 6.54 Å². The van der Waals surface area contributed by atoms with Crippen molar-refractivity contribution in [3.8, 4) is 5.75 Å². The average molecular weight is 441 g/mol. The number of hydrogen-bond acceptors (Lipinski definition) is 5. The smallest absolute Gasteiger partial charge is 0.451 e. The molecule has 0 saturated heterocycles. The molecule has 8 nitrogen and oxygen atoms in total. The van der Waals surface area contributed by atoms with E-state index in [0.717, 1.165) is 4.57 Å². The summed E-state index contributed by atoms with van der Waals surface area (Å²) in [4.78, 5) is 14.3. The monoisotopic (exact) mass is 440 g/mol. The normalized spacial score (nSPS) is 16.4. The second kappa shape index (κ2) is 7.63. The number of carbonyl (C=O) groups is 1. The highest BCUT2D eigenvalue weighted by Gasteiger charge is 2.42. The fraction of sp³-hybridized carbons (Fsp3) is 0.333. The molecule has 158 valence electrons. The van der Waals surface area contributed by atoms with Gasteiger partial charge in [-0.2, -0.15) is 18.3 Å². The van der Waals surface area contributed by atoms with Crippen LogP contribution in [0.25, 0.3) is 0 Å². The molecule has 3 aromatic rings. The van der Waals surface area contributed by atoms with Crippen molar-refractivity contribution in [1.82, 2.24) is 29.4 Å². The highest BCUT2D eigenvalue weighted by Crippen LogP contribution is 2.33. The van der Waals surface area contributed by atoms with Crippen molar-refractivity contribution in [1.29, 1.82) is 0 Å². The molecule has 1 unspecified atom stereocenters. The highest BCUT2D eigenvalue weighted by molar-refractivity contribution is 6.30. The molecule has 12 heteroatoms. The van der Waals surface area contributed by atoms with Crippen LogP contribution in [0.15, 0.2) is 36.5 Å². The lowest BCUT2D eigenvalue weighted by atomic mass is 10.2. The lowest BCUT2D eigenvalue weighted by Gasteiger charge is -2.33. The number of nitrogens with zero attached hydrogens (tertiary/aromatic N) is 6. The Labute approximate surface area is 173 Å². The van der Waals surface area contributed by atoms with Crippen LogP contribution >= 0.6 is 11.6 Å². The van der Waals surface area contributed by atoms with Gasteiger partial charge in [-0.05, 0) is 31.2 Å². The van der Waals surface area contributed by atoms with E-state index in [9.17, 15) is 18.0 Å². The zero-order valence-corrected chi connectivity index (χ0v) is 16.4. The summed E-state index contributed by atoms with van der Waals surface area (Å²) in [7, 11) is 0. The summed E-state index contributed by atoms with van der Waals surface area (Å²) < 4.78 is 47.1. The Balaban J connectivity index is 1.46.